The minimum atomic E-state index is -0.173. The molecule has 0 atom stereocenters. The minimum Gasteiger partial charge on any atom is -0.349 e. The number of rotatable bonds is 6. The fourth-order valence-corrected chi connectivity index (χ4v) is 3.81. The summed E-state index contributed by atoms with van der Waals surface area (Å²) in [6.45, 7) is 9.46. The van der Waals surface area contributed by atoms with Crippen molar-refractivity contribution in [2.45, 2.75) is 40.7 Å². The number of hydrogen-bond acceptors (Lipinski definition) is 4. The molecular formula is C18H23N5OS. The molecule has 3 aromatic heterocycles. The molecule has 3 heterocycles. The third-order valence-corrected chi connectivity index (χ3v) is 5.34. The van der Waals surface area contributed by atoms with E-state index in [4.69, 9.17) is 0 Å². The van der Waals surface area contributed by atoms with Gasteiger partial charge in [-0.15, -0.1) is 11.3 Å². The van der Waals surface area contributed by atoms with E-state index in [1.807, 2.05) is 17.7 Å². The number of aromatic nitrogens is 4. The molecule has 0 aliphatic carbocycles. The van der Waals surface area contributed by atoms with E-state index in [0.29, 0.717) is 18.8 Å². The van der Waals surface area contributed by atoms with E-state index < -0.39 is 0 Å². The van der Waals surface area contributed by atoms with Crippen LogP contribution in [0, 0.1) is 20.8 Å². The van der Waals surface area contributed by atoms with Crippen LogP contribution in [0.5, 0.6) is 0 Å². The number of aryl methyl sites for hydroxylation is 2. The zero-order chi connectivity index (χ0) is 18.0. The molecule has 3 rings (SSSR count). The van der Waals surface area contributed by atoms with E-state index in [-0.39, 0.29) is 5.91 Å². The van der Waals surface area contributed by atoms with Crippen molar-refractivity contribution in [3.63, 3.8) is 0 Å². The van der Waals surface area contributed by atoms with Gasteiger partial charge >= 0.3 is 0 Å². The van der Waals surface area contributed by atoms with Gasteiger partial charge in [0, 0.05) is 17.1 Å². The maximum absolute atomic E-state index is 12.3. The molecule has 0 saturated heterocycles. The Morgan fingerprint density at radius 2 is 2.12 bits per heavy atom. The van der Waals surface area contributed by atoms with Crippen molar-refractivity contribution in [3.8, 4) is 10.6 Å². The quantitative estimate of drug-likeness (QED) is 0.711. The van der Waals surface area contributed by atoms with Crippen molar-refractivity contribution in [3.05, 3.63) is 45.7 Å². The van der Waals surface area contributed by atoms with E-state index in [1.54, 1.807) is 17.4 Å². The van der Waals surface area contributed by atoms with Gasteiger partial charge in [-0.25, -0.2) is 0 Å². The molecule has 7 heteroatoms. The van der Waals surface area contributed by atoms with Gasteiger partial charge in [-0.1, -0.05) is 6.92 Å². The first-order chi connectivity index (χ1) is 12.0. The highest BCUT2D eigenvalue weighted by atomic mass is 32.1. The molecule has 0 saturated carbocycles. The summed E-state index contributed by atoms with van der Waals surface area (Å²) >= 11 is 1.67. The number of carbonyl (C=O) groups is 1. The highest BCUT2D eigenvalue weighted by Crippen LogP contribution is 2.26. The third-order valence-electron chi connectivity index (χ3n) is 4.31. The Balaban J connectivity index is 1.59. The smallest absolute Gasteiger partial charge is 0.271 e. The number of thiophene rings is 1. The van der Waals surface area contributed by atoms with Crippen molar-refractivity contribution in [2.75, 3.05) is 6.54 Å². The van der Waals surface area contributed by atoms with E-state index in [0.717, 1.165) is 22.7 Å². The zero-order valence-electron chi connectivity index (χ0n) is 15.0. The summed E-state index contributed by atoms with van der Waals surface area (Å²) in [5.74, 6) is -0.173. The topological polar surface area (TPSA) is 75.6 Å². The molecule has 0 spiro atoms. The molecule has 0 radical (unpaired) electrons. The highest BCUT2D eigenvalue weighted by molar-refractivity contribution is 7.15. The number of amides is 1. The highest BCUT2D eigenvalue weighted by Gasteiger charge is 2.13. The molecule has 2 N–H and O–H groups in total. The maximum Gasteiger partial charge on any atom is 0.271 e. The standard InChI is InChI=1S/C18H23N5OS/c1-5-14-12(3)22-23(13(14)4)9-8-19-18(24)16-10-15(20-21-16)17-7-6-11(2)25-17/h6-7,10H,5,8-9H2,1-4H3,(H,19,24)(H,20,21). The lowest BCUT2D eigenvalue weighted by molar-refractivity contribution is 0.0947. The Morgan fingerprint density at radius 3 is 2.76 bits per heavy atom. The summed E-state index contributed by atoms with van der Waals surface area (Å²) in [6.07, 6.45) is 0.974. The van der Waals surface area contributed by atoms with Gasteiger partial charge in [-0.2, -0.15) is 10.2 Å². The van der Waals surface area contributed by atoms with Gasteiger partial charge in [-0.05, 0) is 51.0 Å². The van der Waals surface area contributed by atoms with Crippen LogP contribution in [0.1, 0.15) is 39.2 Å². The number of nitrogens with zero attached hydrogens (tertiary/aromatic N) is 3. The largest absolute Gasteiger partial charge is 0.349 e. The number of hydrogen-bond donors (Lipinski definition) is 2. The third kappa shape index (κ3) is 3.66. The number of H-pyrrole nitrogens is 1. The Bertz CT molecular complexity index is 889. The zero-order valence-corrected chi connectivity index (χ0v) is 15.8. The van der Waals surface area contributed by atoms with Crippen LogP contribution in [-0.2, 0) is 13.0 Å². The first-order valence-electron chi connectivity index (χ1n) is 8.43. The van der Waals surface area contributed by atoms with Gasteiger partial charge < -0.3 is 5.32 Å². The van der Waals surface area contributed by atoms with Crippen molar-refractivity contribution in [1.29, 1.82) is 0 Å². The Labute approximate surface area is 151 Å². The lowest BCUT2D eigenvalue weighted by Crippen LogP contribution is -2.28. The number of aromatic amines is 1. The Hall–Kier alpha value is -2.41. The normalized spacial score (nSPS) is 11.0. The first-order valence-corrected chi connectivity index (χ1v) is 9.24. The summed E-state index contributed by atoms with van der Waals surface area (Å²) in [6, 6.07) is 5.88. The van der Waals surface area contributed by atoms with E-state index in [2.05, 4.69) is 47.5 Å². The van der Waals surface area contributed by atoms with Crippen molar-refractivity contribution >= 4 is 17.2 Å². The summed E-state index contributed by atoms with van der Waals surface area (Å²) in [7, 11) is 0. The van der Waals surface area contributed by atoms with Crippen LogP contribution in [0.4, 0.5) is 0 Å². The SMILES string of the molecule is CCc1c(C)nn(CCNC(=O)c2cc(-c3ccc(C)s3)[nH]n2)c1C. The van der Waals surface area contributed by atoms with Crippen molar-refractivity contribution in [1.82, 2.24) is 25.3 Å². The van der Waals surface area contributed by atoms with Gasteiger partial charge in [-0.3, -0.25) is 14.6 Å². The first kappa shape index (κ1) is 17.4. The molecule has 0 fully saturated rings. The van der Waals surface area contributed by atoms with E-state index >= 15 is 0 Å². The molecular weight excluding hydrogens is 334 g/mol. The fraction of sp³-hybridized carbons (Fsp3) is 0.389. The number of nitrogens with one attached hydrogen (secondary N) is 2. The molecule has 132 valence electrons. The van der Waals surface area contributed by atoms with Crippen LogP contribution in [0.25, 0.3) is 10.6 Å². The van der Waals surface area contributed by atoms with Crippen LogP contribution in [0.15, 0.2) is 18.2 Å². The average molecular weight is 357 g/mol. The lowest BCUT2D eigenvalue weighted by Gasteiger charge is -2.06. The molecule has 25 heavy (non-hydrogen) atoms. The van der Waals surface area contributed by atoms with Gasteiger partial charge in [0.2, 0.25) is 0 Å². The second-order valence-electron chi connectivity index (χ2n) is 6.06. The van der Waals surface area contributed by atoms with Crippen LogP contribution in [-0.4, -0.2) is 32.4 Å². The van der Waals surface area contributed by atoms with Crippen LogP contribution >= 0.6 is 11.3 Å². The Kier molecular flexibility index (Phi) is 5.03. The summed E-state index contributed by atoms with van der Waals surface area (Å²) in [4.78, 5) is 14.6. The minimum absolute atomic E-state index is 0.173. The summed E-state index contributed by atoms with van der Waals surface area (Å²) in [5, 5.41) is 14.5. The summed E-state index contributed by atoms with van der Waals surface area (Å²) < 4.78 is 1.96. The Morgan fingerprint density at radius 1 is 1.32 bits per heavy atom. The molecule has 6 nitrogen and oxygen atoms in total. The van der Waals surface area contributed by atoms with Crippen LogP contribution in [0.3, 0.4) is 0 Å². The van der Waals surface area contributed by atoms with Crippen LogP contribution in [0.2, 0.25) is 0 Å². The number of carbonyl (C=O) groups excluding carboxylic acids is 1. The second kappa shape index (κ2) is 7.23. The monoisotopic (exact) mass is 357 g/mol. The van der Waals surface area contributed by atoms with Gasteiger partial charge in [0.15, 0.2) is 5.69 Å². The molecule has 0 bridgehead atoms. The second-order valence-corrected chi connectivity index (χ2v) is 7.35. The maximum atomic E-state index is 12.3. The molecule has 3 aromatic rings. The molecule has 0 unspecified atom stereocenters. The van der Waals surface area contributed by atoms with Gasteiger partial charge in [0.1, 0.15) is 0 Å². The summed E-state index contributed by atoms with van der Waals surface area (Å²) in [5.41, 5.74) is 4.80. The fourth-order valence-electron chi connectivity index (χ4n) is 2.97. The van der Waals surface area contributed by atoms with Gasteiger partial charge in [0.25, 0.3) is 5.91 Å². The lowest BCUT2D eigenvalue weighted by atomic mass is 10.1. The predicted molar refractivity (Wildman–Crippen MR) is 100 cm³/mol. The molecule has 1 amide bonds. The molecule has 0 aromatic carbocycles. The van der Waals surface area contributed by atoms with Gasteiger partial charge in [0.05, 0.1) is 22.8 Å². The van der Waals surface area contributed by atoms with Crippen molar-refractivity contribution < 1.29 is 4.79 Å². The van der Waals surface area contributed by atoms with E-state index in [1.165, 1.54) is 16.1 Å². The molecule has 0 aliphatic heterocycles. The average Bonchev–Trinajstić information content (AvgIpc) is 3.27. The molecule has 0 aliphatic rings. The van der Waals surface area contributed by atoms with Crippen LogP contribution < -0.4 is 5.32 Å². The van der Waals surface area contributed by atoms with E-state index in [9.17, 15) is 4.79 Å². The van der Waals surface area contributed by atoms with Crippen molar-refractivity contribution in [2.24, 2.45) is 0 Å². The predicted octanol–water partition coefficient (Wildman–Crippen LogP) is 3.25.